The molecule has 6 nitrogen and oxygen atoms in total. The van der Waals surface area contributed by atoms with Crippen LogP contribution < -0.4 is 10.1 Å². The maximum Gasteiger partial charge on any atom is 0.295 e. The normalized spacial score (nSPS) is 16.0. The van der Waals surface area contributed by atoms with E-state index in [1.54, 1.807) is 36.3 Å². The second-order valence-corrected chi connectivity index (χ2v) is 7.86. The molecule has 7 heteroatoms. The van der Waals surface area contributed by atoms with E-state index in [-0.39, 0.29) is 6.04 Å². The van der Waals surface area contributed by atoms with Crippen molar-refractivity contribution in [1.29, 1.82) is 0 Å². The molecule has 0 saturated carbocycles. The van der Waals surface area contributed by atoms with E-state index in [0.717, 1.165) is 34.5 Å². The molecule has 2 aromatic carbocycles. The average Bonchev–Trinajstić information content (AvgIpc) is 3.21. The summed E-state index contributed by atoms with van der Waals surface area (Å²) in [5.41, 5.74) is 2.32. The van der Waals surface area contributed by atoms with E-state index in [2.05, 4.69) is 10.3 Å². The Morgan fingerprint density at radius 3 is 2.67 bits per heavy atom. The van der Waals surface area contributed by atoms with Gasteiger partial charge in [-0.15, -0.1) is 0 Å². The molecule has 1 saturated heterocycles. The zero-order valence-electron chi connectivity index (χ0n) is 16.8. The van der Waals surface area contributed by atoms with Crippen LogP contribution in [0, 0.1) is 6.92 Å². The first-order valence-electron chi connectivity index (χ1n) is 9.75. The quantitative estimate of drug-likeness (QED) is 0.494. The smallest absolute Gasteiger partial charge is 0.295 e. The van der Waals surface area contributed by atoms with Crippen LogP contribution in [0.1, 0.15) is 22.3 Å². The second kappa shape index (κ2) is 8.32. The number of halogens is 1. The number of hydrogen-bond donors (Lipinski definition) is 1. The molecule has 1 amide bonds. The van der Waals surface area contributed by atoms with Crippen molar-refractivity contribution in [2.75, 3.05) is 25.5 Å². The molecular weight excluding hydrogens is 402 g/mol. The number of methoxy groups -OCH3 is 1. The van der Waals surface area contributed by atoms with E-state index in [1.165, 1.54) is 0 Å². The fourth-order valence-corrected chi connectivity index (χ4v) is 3.84. The monoisotopic (exact) mass is 423 g/mol. The van der Waals surface area contributed by atoms with E-state index in [9.17, 15) is 9.59 Å². The molecule has 1 aromatic heterocycles. The van der Waals surface area contributed by atoms with E-state index < -0.39 is 11.7 Å². The lowest BCUT2D eigenvalue weighted by molar-refractivity contribution is -0.125. The van der Waals surface area contributed by atoms with Gasteiger partial charge in [0.05, 0.1) is 12.6 Å². The number of benzene rings is 2. The van der Waals surface area contributed by atoms with Crippen molar-refractivity contribution in [2.24, 2.45) is 0 Å². The molecule has 1 unspecified atom stereocenters. The van der Waals surface area contributed by atoms with E-state index in [4.69, 9.17) is 16.3 Å². The molecule has 1 aliphatic heterocycles. The minimum absolute atomic E-state index is 0.0366. The highest BCUT2D eigenvalue weighted by Crippen LogP contribution is 2.26. The lowest BCUT2D eigenvalue weighted by Gasteiger charge is -2.17. The number of pyridine rings is 1. The Hall–Kier alpha value is -3.12. The summed E-state index contributed by atoms with van der Waals surface area (Å²) < 4.78 is 5.29. The van der Waals surface area contributed by atoms with Crippen LogP contribution in [-0.2, 0) is 4.79 Å². The number of aromatic nitrogens is 1. The molecular formula is C23H22ClN3O3. The van der Waals surface area contributed by atoms with Crippen LogP contribution in [0.2, 0.25) is 5.02 Å². The number of amides is 1. The Morgan fingerprint density at radius 1 is 1.17 bits per heavy atom. The highest BCUT2D eigenvalue weighted by atomic mass is 35.5. The molecule has 0 spiro atoms. The molecule has 4 rings (SSSR count). The van der Waals surface area contributed by atoms with Crippen molar-refractivity contribution in [1.82, 2.24) is 9.88 Å². The fraction of sp³-hybridized carbons (Fsp3) is 0.261. The third kappa shape index (κ3) is 4.09. The first kappa shape index (κ1) is 20.2. The summed E-state index contributed by atoms with van der Waals surface area (Å²) in [6.45, 7) is 3.02. The van der Waals surface area contributed by atoms with E-state index in [1.807, 2.05) is 31.2 Å². The maximum atomic E-state index is 12.6. The average molecular weight is 424 g/mol. The van der Waals surface area contributed by atoms with Crippen LogP contribution in [-0.4, -0.2) is 47.8 Å². The van der Waals surface area contributed by atoms with Crippen LogP contribution >= 0.6 is 11.6 Å². The SMILES string of the molecule is COc1ccc2nc(NC3CCN(C(=O)C(=O)c4ccc(Cl)cc4)C3)cc(C)c2c1. The number of nitrogens with zero attached hydrogens (tertiary/aromatic N) is 2. The lowest BCUT2D eigenvalue weighted by atomic mass is 10.1. The highest BCUT2D eigenvalue weighted by Gasteiger charge is 2.30. The first-order chi connectivity index (χ1) is 14.4. The van der Waals surface area contributed by atoms with Crippen LogP contribution in [0.15, 0.2) is 48.5 Å². The van der Waals surface area contributed by atoms with Crippen molar-refractivity contribution in [3.63, 3.8) is 0 Å². The molecule has 0 radical (unpaired) electrons. The van der Waals surface area contributed by atoms with Gasteiger partial charge in [-0.05, 0) is 67.4 Å². The Labute approximate surface area is 179 Å². The summed E-state index contributed by atoms with van der Waals surface area (Å²) >= 11 is 5.85. The number of rotatable bonds is 5. The molecule has 1 atom stereocenters. The number of fused-ring (bicyclic) bond motifs is 1. The largest absolute Gasteiger partial charge is 0.497 e. The predicted molar refractivity (Wildman–Crippen MR) is 117 cm³/mol. The number of aryl methyl sites for hydroxylation is 1. The third-order valence-electron chi connectivity index (χ3n) is 5.35. The Morgan fingerprint density at radius 2 is 1.93 bits per heavy atom. The fourth-order valence-electron chi connectivity index (χ4n) is 3.71. The third-order valence-corrected chi connectivity index (χ3v) is 5.60. The van der Waals surface area contributed by atoms with E-state index >= 15 is 0 Å². The molecule has 1 fully saturated rings. The summed E-state index contributed by atoms with van der Waals surface area (Å²) in [6.07, 6.45) is 0.751. The molecule has 154 valence electrons. The number of carbonyl (C=O) groups is 2. The number of ketones is 1. The van der Waals surface area contributed by atoms with Crippen molar-refractivity contribution in [3.8, 4) is 5.75 Å². The van der Waals surface area contributed by atoms with Crippen molar-refractivity contribution in [3.05, 3.63) is 64.7 Å². The van der Waals surface area contributed by atoms with Gasteiger partial charge in [-0.3, -0.25) is 9.59 Å². The highest BCUT2D eigenvalue weighted by molar-refractivity contribution is 6.43. The number of Topliss-reactive ketones (excluding diaryl/α,β-unsaturated/α-hetero) is 1. The standard InChI is InChI=1S/C23H22ClN3O3/c1-14-11-21(26-20-8-7-18(30-2)12-19(14)20)25-17-9-10-27(13-17)23(29)22(28)15-3-5-16(24)6-4-15/h3-8,11-12,17H,9-10,13H2,1-2H3,(H,25,26). The van der Waals surface area contributed by atoms with Gasteiger partial charge in [-0.1, -0.05) is 11.6 Å². The molecule has 0 bridgehead atoms. The van der Waals surface area contributed by atoms with Crippen LogP contribution in [0.4, 0.5) is 5.82 Å². The number of carbonyl (C=O) groups excluding carboxylic acids is 2. The number of hydrogen-bond acceptors (Lipinski definition) is 5. The van der Waals surface area contributed by atoms with Gasteiger partial charge in [0, 0.05) is 35.1 Å². The Balaban J connectivity index is 1.44. The Bertz CT molecular complexity index is 1110. The van der Waals surface area contributed by atoms with Gasteiger partial charge in [-0.2, -0.15) is 0 Å². The topological polar surface area (TPSA) is 71.5 Å². The van der Waals surface area contributed by atoms with Crippen LogP contribution in [0.3, 0.4) is 0 Å². The number of anilines is 1. The predicted octanol–water partition coefficient (Wildman–Crippen LogP) is 4.10. The number of likely N-dealkylation sites (tertiary alicyclic amines) is 1. The van der Waals surface area contributed by atoms with Gasteiger partial charge in [0.15, 0.2) is 0 Å². The van der Waals surface area contributed by atoms with Crippen molar-refractivity contribution >= 4 is 40.0 Å². The van der Waals surface area contributed by atoms with Gasteiger partial charge in [0.25, 0.3) is 5.91 Å². The van der Waals surface area contributed by atoms with Gasteiger partial charge in [0.2, 0.25) is 5.78 Å². The first-order valence-corrected chi connectivity index (χ1v) is 10.1. The van der Waals surface area contributed by atoms with Gasteiger partial charge in [-0.25, -0.2) is 4.98 Å². The molecule has 0 aliphatic carbocycles. The Kier molecular flexibility index (Phi) is 5.59. The number of ether oxygens (including phenoxy) is 1. The molecule has 1 N–H and O–H groups in total. The summed E-state index contributed by atoms with van der Waals surface area (Å²) in [4.78, 5) is 31.4. The summed E-state index contributed by atoms with van der Waals surface area (Å²) in [6, 6.07) is 14.2. The minimum Gasteiger partial charge on any atom is -0.497 e. The van der Waals surface area contributed by atoms with Gasteiger partial charge >= 0.3 is 0 Å². The summed E-state index contributed by atoms with van der Waals surface area (Å²) in [5, 5.41) is 4.98. The summed E-state index contributed by atoms with van der Waals surface area (Å²) in [5.74, 6) is 0.550. The second-order valence-electron chi connectivity index (χ2n) is 7.42. The van der Waals surface area contributed by atoms with Crippen molar-refractivity contribution < 1.29 is 14.3 Å². The minimum atomic E-state index is -0.513. The van der Waals surface area contributed by atoms with Gasteiger partial charge in [0.1, 0.15) is 11.6 Å². The van der Waals surface area contributed by atoms with Crippen LogP contribution in [0.5, 0.6) is 5.75 Å². The molecule has 2 heterocycles. The maximum absolute atomic E-state index is 12.6. The van der Waals surface area contributed by atoms with Gasteiger partial charge < -0.3 is 15.0 Å². The molecule has 1 aliphatic rings. The lowest BCUT2D eigenvalue weighted by Crippen LogP contribution is -2.36. The molecule has 3 aromatic rings. The zero-order chi connectivity index (χ0) is 21.3. The molecule has 30 heavy (non-hydrogen) atoms. The van der Waals surface area contributed by atoms with E-state index in [0.29, 0.717) is 23.7 Å². The summed E-state index contributed by atoms with van der Waals surface area (Å²) in [7, 11) is 1.64. The zero-order valence-corrected chi connectivity index (χ0v) is 17.6. The number of nitrogens with one attached hydrogen (secondary N) is 1. The van der Waals surface area contributed by atoms with Crippen molar-refractivity contribution in [2.45, 2.75) is 19.4 Å². The van der Waals surface area contributed by atoms with Crippen LogP contribution in [0.25, 0.3) is 10.9 Å².